The quantitative estimate of drug-likeness (QED) is 0.269. The van der Waals surface area contributed by atoms with Gasteiger partial charge < -0.3 is 5.32 Å². The zero-order valence-electron chi connectivity index (χ0n) is 19.4. The van der Waals surface area contributed by atoms with Crippen molar-refractivity contribution in [1.29, 1.82) is 0 Å². The molecular formula is C28H23N3O3S2. The Morgan fingerprint density at radius 2 is 1.61 bits per heavy atom. The molecule has 0 aliphatic carbocycles. The number of thiophene rings is 1. The van der Waals surface area contributed by atoms with Crippen LogP contribution in [0.1, 0.15) is 26.4 Å². The Kier molecular flexibility index (Phi) is 6.54. The standard InChI is InChI=1S/C28H23N3O3S2/c1-19-9-11-20(12-10-19)18-24-23-6-2-3-7-25(23)35-27(24)28(32)30-21-13-15-22(16-14-21)36(33,34)31-26-8-4-5-17-29-26/h2-17H,18H2,1H3,(H,29,31)(H,30,32). The Balaban J connectivity index is 1.38. The van der Waals surface area contributed by atoms with Crippen LogP contribution >= 0.6 is 11.3 Å². The lowest BCUT2D eigenvalue weighted by molar-refractivity contribution is 0.103. The molecule has 0 aliphatic rings. The predicted molar refractivity (Wildman–Crippen MR) is 145 cm³/mol. The first kappa shape index (κ1) is 23.7. The number of aryl methyl sites for hydroxylation is 1. The highest BCUT2D eigenvalue weighted by Crippen LogP contribution is 2.33. The molecule has 8 heteroatoms. The molecule has 0 unspecified atom stereocenters. The molecule has 0 bridgehead atoms. The molecule has 2 heterocycles. The van der Waals surface area contributed by atoms with Crippen LogP contribution in [-0.4, -0.2) is 19.3 Å². The number of fused-ring (bicyclic) bond motifs is 1. The van der Waals surface area contributed by atoms with Crippen molar-refractivity contribution in [3.8, 4) is 0 Å². The first-order valence-corrected chi connectivity index (χ1v) is 13.6. The molecule has 0 saturated heterocycles. The molecule has 36 heavy (non-hydrogen) atoms. The number of hydrogen-bond donors (Lipinski definition) is 2. The third-order valence-corrected chi connectivity index (χ3v) is 8.31. The first-order chi connectivity index (χ1) is 17.4. The van der Waals surface area contributed by atoms with Gasteiger partial charge in [-0.1, -0.05) is 54.1 Å². The Labute approximate surface area is 213 Å². The number of carbonyl (C=O) groups is 1. The number of anilines is 2. The molecule has 1 amide bonds. The number of sulfonamides is 1. The molecule has 3 aromatic carbocycles. The second-order valence-electron chi connectivity index (χ2n) is 8.37. The fraction of sp³-hybridized carbons (Fsp3) is 0.0714. The number of benzene rings is 3. The van der Waals surface area contributed by atoms with Crippen molar-refractivity contribution in [2.24, 2.45) is 0 Å². The fourth-order valence-corrected chi connectivity index (χ4v) is 6.02. The van der Waals surface area contributed by atoms with E-state index in [1.807, 2.05) is 31.2 Å². The summed E-state index contributed by atoms with van der Waals surface area (Å²) in [5.41, 5.74) is 3.81. The van der Waals surface area contributed by atoms with Crippen molar-refractivity contribution in [2.45, 2.75) is 18.2 Å². The van der Waals surface area contributed by atoms with Gasteiger partial charge in [-0.2, -0.15) is 0 Å². The van der Waals surface area contributed by atoms with Gasteiger partial charge >= 0.3 is 0 Å². The summed E-state index contributed by atoms with van der Waals surface area (Å²) >= 11 is 1.46. The monoisotopic (exact) mass is 513 g/mol. The van der Waals surface area contributed by atoms with Crippen molar-refractivity contribution in [2.75, 3.05) is 10.0 Å². The Morgan fingerprint density at radius 1 is 0.889 bits per heavy atom. The average molecular weight is 514 g/mol. The second kappa shape index (κ2) is 9.93. The molecule has 0 saturated carbocycles. The highest BCUT2D eigenvalue weighted by atomic mass is 32.2. The molecule has 0 aliphatic heterocycles. The number of carbonyl (C=O) groups excluding carboxylic acids is 1. The largest absolute Gasteiger partial charge is 0.321 e. The molecule has 180 valence electrons. The van der Waals surface area contributed by atoms with E-state index in [0.29, 0.717) is 17.0 Å². The van der Waals surface area contributed by atoms with Crippen LogP contribution in [0.4, 0.5) is 11.5 Å². The first-order valence-electron chi connectivity index (χ1n) is 11.3. The van der Waals surface area contributed by atoms with Gasteiger partial charge in [0.1, 0.15) is 5.82 Å². The van der Waals surface area contributed by atoms with Crippen LogP contribution in [0.25, 0.3) is 10.1 Å². The molecule has 2 aromatic heterocycles. The van der Waals surface area contributed by atoms with Crippen LogP contribution in [0, 0.1) is 6.92 Å². The Hall–Kier alpha value is -4.01. The normalized spacial score (nSPS) is 11.4. The van der Waals surface area contributed by atoms with E-state index in [0.717, 1.165) is 21.2 Å². The van der Waals surface area contributed by atoms with Crippen LogP contribution in [0.3, 0.4) is 0 Å². The average Bonchev–Trinajstić information content (AvgIpc) is 3.24. The summed E-state index contributed by atoms with van der Waals surface area (Å²) in [6.07, 6.45) is 2.15. The molecule has 0 fully saturated rings. The minimum Gasteiger partial charge on any atom is -0.321 e. The maximum Gasteiger partial charge on any atom is 0.266 e. The smallest absolute Gasteiger partial charge is 0.266 e. The maximum absolute atomic E-state index is 13.3. The fourth-order valence-electron chi connectivity index (χ4n) is 3.89. The topological polar surface area (TPSA) is 88.2 Å². The molecule has 0 radical (unpaired) electrons. The summed E-state index contributed by atoms with van der Waals surface area (Å²) in [6.45, 7) is 2.05. The van der Waals surface area contributed by atoms with Crippen molar-refractivity contribution in [3.63, 3.8) is 0 Å². The molecule has 0 atom stereocenters. The number of hydrogen-bond acceptors (Lipinski definition) is 5. The summed E-state index contributed by atoms with van der Waals surface area (Å²) < 4.78 is 28.8. The number of nitrogens with zero attached hydrogens (tertiary/aromatic N) is 1. The summed E-state index contributed by atoms with van der Waals surface area (Å²) in [7, 11) is -3.80. The third kappa shape index (κ3) is 5.15. The molecule has 2 N–H and O–H groups in total. The Bertz CT molecular complexity index is 1630. The van der Waals surface area contributed by atoms with Gasteiger partial charge in [0.2, 0.25) is 0 Å². The van der Waals surface area contributed by atoms with Gasteiger partial charge in [-0.25, -0.2) is 13.4 Å². The zero-order chi connectivity index (χ0) is 25.1. The Morgan fingerprint density at radius 3 is 2.33 bits per heavy atom. The van der Waals surface area contributed by atoms with Gasteiger partial charge in [0, 0.05) is 16.6 Å². The lowest BCUT2D eigenvalue weighted by Crippen LogP contribution is -2.15. The highest BCUT2D eigenvalue weighted by Gasteiger charge is 2.20. The lowest BCUT2D eigenvalue weighted by atomic mass is 10.0. The number of aromatic nitrogens is 1. The van der Waals surface area contributed by atoms with Crippen molar-refractivity contribution in [3.05, 3.63) is 119 Å². The van der Waals surface area contributed by atoms with Gasteiger partial charge in [0.25, 0.3) is 15.9 Å². The van der Waals surface area contributed by atoms with E-state index >= 15 is 0 Å². The number of amides is 1. The van der Waals surface area contributed by atoms with Crippen molar-refractivity contribution >= 4 is 48.9 Å². The van der Waals surface area contributed by atoms with E-state index in [9.17, 15) is 13.2 Å². The van der Waals surface area contributed by atoms with E-state index in [-0.39, 0.29) is 16.6 Å². The second-order valence-corrected chi connectivity index (χ2v) is 11.1. The SMILES string of the molecule is Cc1ccc(Cc2c(C(=O)Nc3ccc(S(=O)(=O)Nc4ccccn4)cc3)sc3ccccc23)cc1. The molecule has 5 rings (SSSR count). The van der Waals surface area contributed by atoms with Gasteiger partial charge in [0.05, 0.1) is 9.77 Å². The third-order valence-electron chi connectivity index (χ3n) is 5.73. The molecule has 0 spiro atoms. The van der Waals surface area contributed by atoms with E-state index in [1.54, 1.807) is 30.3 Å². The minimum absolute atomic E-state index is 0.0769. The van der Waals surface area contributed by atoms with Crippen molar-refractivity contribution in [1.82, 2.24) is 4.98 Å². The summed E-state index contributed by atoms with van der Waals surface area (Å²) in [5.74, 6) is 0.0151. The van der Waals surface area contributed by atoms with Gasteiger partial charge in [0.15, 0.2) is 0 Å². The van der Waals surface area contributed by atoms with Gasteiger partial charge in [-0.05, 0) is 72.3 Å². The summed E-state index contributed by atoms with van der Waals surface area (Å²) in [6, 6.07) is 27.4. The van der Waals surface area contributed by atoms with Crippen molar-refractivity contribution < 1.29 is 13.2 Å². The van der Waals surface area contributed by atoms with Crippen LogP contribution in [0.5, 0.6) is 0 Å². The lowest BCUT2D eigenvalue weighted by Gasteiger charge is -2.10. The number of pyridine rings is 1. The van der Waals surface area contributed by atoms with Gasteiger partial charge in [-0.15, -0.1) is 11.3 Å². The predicted octanol–water partition coefficient (Wildman–Crippen LogP) is 6.25. The zero-order valence-corrected chi connectivity index (χ0v) is 21.1. The highest BCUT2D eigenvalue weighted by molar-refractivity contribution is 7.92. The number of rotatable bonds is 7. The van der Waals surface area contributed by atoms with Crippen LogP contribution in [-0.2, 0) is 16.4 Å². The van der Waals surface area contributed by atoms with E-state index < -0.39 is 10.0 Å². The van der Waals surface area contributed by atoms with Crippen LogP contribution < -0.4 is 10.0 Å². The molecule has 6 nitrogen and oxygen atoms in total. The van der Waals surface area contributed by atoms with E-state index in [1.165, 1.54) is 35.2 Å². The van der Waals surface area contributed by atoms with Crippen LogP contribution in [0.15, 0.2) is 102 Å². The summed E-state index contributed by atoms with van der Waals surface area (Å²) in [5, 5.41) is 3.99. The molecular weight excluding hydrogens is 490 g/mol. The minimum atomic E-state index is -3.80. The number of nitrogens with one attached hydrogen (secondary N) is 2. The maximum atomic E-state index is 13.3. The van der Waals surface area contributed by atoms with Crippen LogP contribution in [0.2, 0.25) is 0 Å². The van der Waals surface area contributed by atoms with E-state index in [4.69, 9.17) is 0 Å². The van der Waals surface area contributed by atoms with Gasteiger partial charge in [-0.3, -0.25) is 9.52 Å². The molecule has 5 aromatic rings. The summed E-state index contributed by atoms with van der Waals surface area (Å²) in [4.78, 5) is 18.0. The van der Waals surface area contributed by atoms with E-state index in [2.05, 4.69) is 39.3 Å².